The molecule has 0 aliphatic rings. The summed E-state index contributed by atoms with van der Waals surface area (Å²) in [6.45, 7) is 8.72. The fourth-order valence-electron chi connectivity index (χ4n) is 2.22. The fraction of sp³-hybridized carbons (Fsp3) is 0.571. The normalized spacial score (nSPS) is 14.8. The Balaban J connectivity index is 2.17. The molecule has 0 amide bonds. The van der Waals surface area contributed by atoms with Crippen molar-refractivity contribution in [2.45, 2.75) is 46.3 Å². The summed E-state index contributed by atoms with van der Waals surface area (Å²) in [6.07, 6.45) is 2.39. The van der Waals surface area contributed by atoms with Gasteiger partial charge in [0.2, 0.25) is 0 Å². The van der Waals surface area contributed by atoms with Crippen LogP contribution in [0.2, 0.25) is 0 Å². The van der Waals surface area contributed by atoms with Crippen LogP contribution >= 0.6 is 0 Å². The van der Waals surface area contributed by atoms with Crippen LogP contribution in [0.3, 0.4) is 0 Å². The van der Waals surface area contributed by atoms with Gasteiger partial charge in [0.1, 0.15) is 0 Å². The number of nitrogens with zero attached hydrogens (tertiary/aromatic N) is 3. The van der Waals surface area contributed by atoms with Gasteiger partial charge >= 0.3 is 0 Å². The average Bonchev–Trinajstić information content (AvgIpc) is 2.70. The summed E-state index contributed by atoms with van der Waals surface area (Å²) in [6, 6.07) is 2.17. The van der Waals surface area contributed by atoms with Crippen molar-refractivity contribution in [2.24, 2.45) is 0 Å². The zero-order chi connectivity index (χ0) is 14.0. The number of hydrogen-bond donors (Lipinski definition) is 2. The second-order valence-electron chi connectivity index (χ2n) is 5.17. The molecule has 0 aliphatic carbocycles. The van der Waals surface area contributed by atoms with Gasteiger partial charge in [0.15, 0.2) is 5.65 Å². The lowest BCUT2D eigenvalue weighted by Gasteiger charge is -2.17. The molecule has 2 heterocycles. The topological polar surface area (TPSA) is 62.5 Å². The third kappa shape index (κ3) is 3.11. The molecule has 0 aliphatic heterocycles. The van der Waals surface area contributed by atoms with Gasteiger partial charge in [0.25, 0.3) is 0 Å². The van der Waals surface area contributed by atoms with E-state index in [2.05, 4.69) is 29.2 Å². The Morgan fingerprint density at radius 1 is 1.37 bits per heavy atom. The van der Waals surface area contributed by atoms with Crippen molar-refractivity contribution in [1.82, 2.24) is 19.9 Å². The van der Waals surface area contributed by atoms with Crippen LogP contribution in [0.1, 0.15) is 43.3 Å². The third-order valence-corrected chi connectivity index (χ3v) is 3.36. The van der Waals surface area contributed by atoms with Crippen LogP contribution in [0.15, 0.2) is 12.3 Å². The van der Waals surface area contributed by atoms with Crippen molar-refractivity contribution >= 4 is 5.65 Å². The number of nitrogens with one attached hydrogen (secondary N) is 1. The van der Waals surface area contributed by atoms with Gasteiger partial charge in [0, 0.05) is 29.6 Å². The Bertz CT molecular complexity index is 562. The number of aryl methyl sites for hydroxylation is 2. The lowest BCUT2D eigenvalue weighted by molar-refractivity contribution is 0.182. The molecule has 104 valence electrons. The summed E-state index contributed by atoms with van der Waals surface area (Å²) in [5.74, 6) is 0. The van der Waals surface area contributed by atoms with E-state index in [0.717, 1.165) is 35.6 Å². The highest BCUT2D eigenvalue weighted by Crippen LogP contribution is 2.17. The van der Waals surface area contributed by atoms with Gasteiger partial charge in [-0.05, 0) is 40.7 Å². The van der Waals surface area contributed by atoms with Gasteiger partial charge in [-0.2, -0.15) is 5.10 Å². The quantitative estimate of drug-likeness (QED) is 0.862. The summed E-state index contributed by atoms with van der Waals surface area (Å²) in [5.41, 5.74) is 4.11. The molecule has 2 atom stereocenters. The Labute approximate surface area is 113 Å². The highest BCUT2D eigenvalue weighted by Gasteiger charge is 2.12. The molecule has 2 unspecified atom stereocenters. The largest absolute Gasteiger partial charge is 0.393 e. The highest BCUT2D eigenvalue weighted by molar-refractivity contribution is 5.42. The number of fused-ring (bicyclic) bond motifs is 1. The first-order valence-electron chi connectivity index (χ1n) is 6.72. The first-order chi connectivity index (χ1) is 8.99. The van der Waals surface area contributed by atoms with E-state index in [9.17, 15) is 5.11 Å². The zero-order valence-electron chi connectivity index (χ0n) is 12.0. The van der Waals surface area contributed by atoms with E-state index in [1.807, 2.05) is 23.7 Å². The van der Waals surface area contributed by atoms with Crippen LogP contribution in [0.4, 0.5) is 0 Å². The van der Waals surface area contributed by atoms with Gasteiger partial charge in [-0.15, -0.1) is 0 Å². The summed E-state index contributed by atoms with van der Waals surface area (Å²) in [7, 11) is 0. The molecular weight excluding hydrogens is 240 g/mol. The van der Waals surface area contributed by atoms with Crippen molar-refractivity contribution in [3.63, 3.8) is 0 Å². The molecule has 5 nitrogen and oxygen atoms in total. The summed E-state index contributed by atoms with van der Waals surface area (Å²) < 4.78 is 1.89. The number of aliphatic hydroxyl groups excluding tert-OH is 1. The Morgan fingerprint density at radius 3 is 2.79 bits per heavy atom. The molecule has 0 aromatic carbocycles. The number of hydrogen-bond acceptors (Lipinski definition) is 4. The first-order valence-corrected chi connectivity index (χ1v) is 6.72. The predicted molar refractivity (Wildman–Crippen MR) is 75.2 cm³/mol. The SMILES string of the molecule is Cc1cc2ncc(C(C)NCCC(C)O)c(C)n2n1. The van der Waals surface area contributed by atoms with Gasteiger partial charge in [-0.1, -0.05) is 0 Å². The van der Waals surface area contributed by atoms with Crippen molar-refractivity contribution in [3.05, 3.63) is 29.2 Å². The Morgan fingerprint density at radius 2 is 2.11 bits per heavy atom. The maximum Gasteiger partial charge on any atom is 0.155 e. The van der Waals surface area contributed by atoms with Crippen LogP contribution in [0.25, 0.3) is 5.65 Å². The van der Waals surface area contributed by atoms with E-state index >= 15 is 0 Å². The maximum absolute atomic E-state index is 9.27. The van der Waals surface area contributed by atoms with Gasteiger partial charge in [0.05, 0.1) is 11.8 Å². The highest BCUT2D eigenvalue weighted by atomic mass is 16.3. The summed E-state index contributed by atoms with van der Waals surface area (Å²) in [4.78, 5) is 4.44. The summed E-state index contributed by atoms with van der Waals surface area (Å²) in [5, 5.41) is 17.1. The molecule has 0 radical (unpaired) electrons. The lowest BCUT2D eigenvalue weighted by atomic mass is 10.1. The second-order valence-corrected chi connectivity index (χ2v) is 5.17. The fourth-order valence-corrected chi connectivity index (χ4v) is 2.22. The minimum Gasteiger partial charge on any atom is -0.393 e. The van der Waals surface area contributed by atoms with Gasteiger partial charge in [-0.25, -0.2) is 9.50 Å². The molecule has 0 saturated carbocycles. The molecule has 2 aromatic heterocycles. The van der Waals surface area contributed by atoms with Crippen molar-refractivity contribution in [2.75, 3.05) is 6.54 Å². The van der Waals surface area contributed by atoms with Crippen LogP contribution in [0, 0.1) is 13.8 Å². The van der Waals surface area contributed by atoms with E-state index < -0.39 is 0 Å². The van der Waals surface area contributed by atoms with Crippen LogP contribution in [-0.2, 0) is 0 Å². The molecule has 2 aromatic rings. The molecule has 19 heavy (non-hydrogen) atoms. The van der Waals surface area contributed by atoms with Crippen LogP contribution < -0.4 is 5.32 Å². The predicted octanol–water partition coefficient (Wildman–Crippen LogP) is 1.77. The minimum atomic E-state index is -0.268. The van der Waals surface area contributed by atoms with E-state index in [1.54, 1.807) is 6.92 Å². The number of aromatic nitrogens is 3. The van der Waals surface area contributed by atoms with E-state index in [-0.39, 0.29) is 12.1 Å². The van der Waals surface area contributed by atoms with Crippen molar-refractivity contribution in [3.8, 4) is 0 Å². The number of aliphatic hydroxyl groups is 1. The van der Waals surface area contributed by atoms with Crippen LogP contribution in [0.5, 0.6) is 0 Å². The van der Waals surface area contributed by atoms with Crippen LogP contribution in [-0.4, -0.2) is 32.4 Å². The molecule has 0 spiro atoms. The monoisotopic (exact) mass is 262 g/mol. The minimum absolute atomic E-state index is 0.195. The summed E-state index contributed by atoms with van der Waals surface area (Å²) >= 11 is 0. The van der Waals surface area contributed by atoms with E-state index in [0.29, 0.717) is 0 Å². The molecule has 0 saturated heterocycles. The standard InChI is InChI=1S/C14H22N4O/c1-9-7-14-16-8-13(12(4)18(14)17-9)11(3)15-6-5-10(2)19/h7-8,10-11,15,19H,5-6H2,1-4H3. The first kappa shape index (κ1) is 14.0. The van der Waals surface area contributed by atoms with E-state index in [4.69, 9.17) is 0 Å². The van der Waals surface area contributed by atoms with Crippen molar-refractivity contribution < 1.29 is 5.11 Å². The number of rotatable bonds is 5. The molecular formula is C14H22N4O. The van der Waals surface area contributed by atoms with E-state index in [1.165, 1.54) is 0 Å². The molecule has 0 bridgehead atoms. The second kappa shape index (κ2) is 5.67. The Kier molecular flexibility index (Phi) is 4.17. The molecule has 2 N–H and O–H groups in total. The average molecular weight is 262 g/mol. The molecule has 2 rings (SSSR count). The van der Waals surface area contributed by atoms with Gasteiger partial charge < -0.3 is 10.4 Å². The lowest BCUT2D eigenvalue weighted by Crippen LogP contribution is -2.24. The van der Waals surface area contributed by atoms with Crippen molar-refractivity contribution in [1.29, 1.82) is 0 Å². The Hall–Kier alpha value is -1.46. The smallest absolute Gasteiger partial charge is 0.155 e. The zero-order valence-corrected chi connectivity index (χ0v) is 12.0. The maximum atomic E-state index is 9.27. The van der Waals surface area contributed by atoms with Gasteiger partial charge in [-0.3, -0.25) is 0 Å². The third-order valence-electron chi connectivity index (χ3n) is 3.36. The molecule has 0 fully saturated rings. The molecule has 5 heteroatoms.